The first-order valence-corrected chi connectivity index (χ1v) is 10.1. The first kappa shape index (κ1) is 20.0. The van der Waals surface area contributed by atoms with Crippen molar-refractivity contribution in [2.45, 2.75) is 45.4 Å². The lowest BCUT2D eigenvalue weighted by Crippen LogP contribution is -2.53. The quantitative estimate of drug-likeness (QED) is 0.612. The number of rotatable bonds is 6. The van der Waals surface area contributed by atoms with Crippen molar-refractivity contribution < 1.29 is 14.2 Å². The van der Waals surface area contributed by atoms with Crippen LogP contribution in [0.1, 0.15) is 32.3 Å². The summed E-state index contributed by atoms with van der Waals surface area (Å²) in [6, 6.07) is 8.27. The molecule has 3 rings (SSSR count). The Kier molecular flexibility index (Phi) is 7.35. The number of hydrogen-bond donors (Lipinski definition) is 1. The molecular weight excluding hydrogens is 342 g/mol. The highest BCUT2D eigenvalue weighted by Gasteiger charge is 2.32. The monoisotopic (exact) mass is 375 g/mol. The molecule has 1 aromatic rings. The lowest BCUT2D eigenvalue weighted by Gasteiger charge is -2.37. The number of aliphatic imine (C=N–C) groups is 1. The van der Waals surface area contributed by atoms with Crippen LogP contribution in [-0.2, 0) is 16.0 Å². The van der Waals surface area contributed by atoms with Gasteiger partial charge in [-0.15, -0.1) is 0 Å². The Bertz CT molecular complexity index is 597. The Morgan fingerprint density at radius 3 is 2.67 bits per heavy atom. The van der Waals surface area contributed by atoms with Gasteiger partial charge >= 0.3 is 0 Å². The van der Waals surface area contributed by atoms with Crippen LogP contribution in [0.5, 0.6) is 5.75 Å². The fourth-order valence-electron chi connectivity index (χ4n) is 3.47. The average molecular weight is 376 g/mol. The summed E-state index contributed by atoms with van der Waals surface area (Å²) in [5.41, 5.74) is 1.21. The fraction of sp³-hybridized carbons (Fsp3) is 0.667. The summed E-state index contributed by atoms with van der Waals surface area (Å²) < 4.78 is 17.5. The van der Waals surface area contributed by atoms with E-state index in [9.17, 15) is 0 Å². The fourth-order valence-corrected chi connectivity index (χ4v) is 3.47. The molecular formula is C21H33N3O3. The van der Waals surface area contributed by atoms with Crippen molar-refractivity contribution in [2.24, 2.45) is 10.9 Å². The molecule has 6 nitrogen and oxygen atoms in total. The van der Waals surface area contributed by atoms with Crippen LogP contribution in [-0.4, -0.2) is 63.0 Å². The van der Waals surface area contributed by atoms with Crippen LogP contribution in [0.4, 0.5) is 0 Å². The van der Waals surface area contributed by atoms with Gasteiger partial charge in [-0.3, -0.25) is 4.99 Å². The molecule has 0 radical (unpaired) electrons. The zero-order valence-corrected chi connectivity index (χ0v) is 16.8. The molecule has 0 bridgehead atoms. The maximum atomic E-state index is 5.94. The van der Waals surface area contributed by atoms with E-state index in [0.717, 1.165) is 57.4 Å². The third kappa shape index (κ3) is 5.84. The second-order valence-corrected chi connectivity index (χ2v) is 7.66. The van der Waals surface area contributed by atoms with E-state index < -0.39 is 0 Å². The van der Waals surface area contributed by atoms with Crippen molar-refractivity contribution in [2.75, 3.05) is 40.0 Å². The number of nitrogens with one attached hydrogen (secondary N) is 1. The molecule has 2 unspecified atom stereocenters. The van der Waals surface area contributed by atoms with Crippen molar-refractivity contribution in [1.29, 1.82) is 0 Å². The lowest BCUT2D eigenvalue weighted by molar-refractivity contribution is -0.0817. The topological polar surface area (TPSA) is 55.3 Å². The van der Waals surface area contributed by atoms with Crippen LogP contribution in [0.3, 0.4) is 0 Å². The minimum atomic E-state index is 0.136. The van der Waals surface area contributed by atoms with Gasteiger partial charge in [-0.25, -0.2) is 0 Å². The summed E-state index contributed by atoms with van der Waals surface area (Å²) >= 11 is 0. The molecule has 27 heavy (non-hydrogen) atoms. The molecule has 0 saturated carbocycles. The summed E-state index contributed by atoms with van der Waals surface area (Å²) in [5.74, 6) is 2.37. The van der Waals surface area contributed by atoms with Gasteiger partial charge in [0.25, 0.3) is 0 Å². The van der Waals surface area contributed by atoms with Crippen LogP contribution < -0.4 is 10.1 Å². The molecule has 2 fully saturated rings. The molecule has 2 saturated heterocycles. The molecule has 2 aliphatic rings. The molecule has 2 heterocycles. The highest BCUT2D eigenvalue weighted by molar-refractivity contribution is 5.80. The summed E-state index contributed by atoms with van der Waals surface area (Å²) in [4.78, 5) is 6.74. The predicted octanol–water partition coefficient (Wildman–Crippen LogP) is 2.68. The van der Waals surface area contributed by atoms with E-state index in [4.69, 9.17) is 14.2 Å². The van der Waals surface area contributed by atoms with Gasteiger partial charge in [0, 0.05) is 33.3 Å². The lowest BCUT2D eigenvalue weighted by atomic mass is 10.1. The molecule has 0 aromatic heterocycles. The minimum absolute atomic E-state index is 0.136. The Hall–Kier alpha value is -1.79. The Labute approximate surface area is 162 Å². The maximum Gasteiger partial charge on any atom is 0.194 e. The van der Waals surface area contributed by atoms with Crippen molar-refractivity contribution >= 4 is 5.96 Å². The van der Waals surface area contributed by atoms with E-state index in [2.05, 4.69) is 41.2 Å². The molecule has 1 aromatic carbocycles. The first-order valence-electron chi connectivity index (χ1n) is 10.1. The number of hydrogen-bond acceptors (Lipinski definition) is 4. The maximum absolute atomic E-state index is 5.94. The van der Waals surface area contributed by atoms with Gasteiger partial charge in [-0.1, -0.05) is 26.0 Å². The van der Waals surface area contributed by atoms with Gasteiger partial charge in [-0.05, 0) is 36.5 Å². The Morgan fingerprint density at radius 2 is 2.00 bits per heavy atom. The SMILES string of the molecule is CN=C(NCc1ccc(OCC(C)C)cc1)N1CCOC(C2CCCO2)C1. The van der Waals surface area contributed by atoms with Crippen molar-refractivity contribution in [3.05, 3.63) is 29.8 Å². The number of nitrogens with zero attached hydrogens (tertiary/aromatic N) is 2. The zero-order chi connectivity index (χ0) is 19.1. The van der Waals surface area contributed by atoms with Crippen LogP contribution in [0.2, 0.25) is 0 Å². The number of guanidine groups is 1. The summed E-state index contributed by atoms with van der Waals surface area (Å²) in [7, 11) is 1.84. The zero-order valence-electron chi connectivity index (χ0n) is 16.8. The van der Waals surface area contributed by atoms with E-state index in [1.165, 1.54) is 5.56 Å². The van der Waals surface area contributed by atoms with Gasteiger partial charge in [0.2, 0.25) is 0 Å². The minimum Gasteiger partial charge on any atom is -0.493 e. The van der Waals surface area contributed by atoms with Crippen molar-refractivity contribution in [3.63, 3.8) is 0 Å². The van der Waals surface area contributed by atoms with Crippen LogP contribution >= 0.6 is 0 Å². The largest absolute Gasteiger partial charge is 0.493 e. The molecule has 0 amide bonds. The first-order chi connectivity index (χ1) is 13.2. The standard InChI is InChI=1S/C21H33N3O3/c1-16(2)15-27-18-8-6-17(7-9-18)13-23-21(22-3)24-10-12-26-20(14-24)19-5-4-11-25-19/h6-9,16,19-20H,4-5,10-15H2,1-3H3,(H,22,23). The van der Waals surface area contributed by atoms with Crippen LogP contribution in [0.25, 0.3) is 0 Å². The molecule has 0 aliphatic carbocycles. The van der Waals surface area contributed by atoms with Crippen molar-refractivity contribution in [3.8, 4) is 5.75 Å². The van der Waals surface area contributed by atoms with E-state index in [0.29, 0.717) is 12.5 Å². The summed E-state index contributed by atoms with van der Waals surface area (Å²) in [6.07, 6.45) is 2.59. The number of benzene rings is 1. The van der Waals surface area contributed by atoms with Gasteiger partial charge in [0.15, 0.2) is 5.96 Å². The molecule has 6 heteroatoms. The van der Waals surface area contributed by atoms with Crippen LogP contribution in [0.15, 0.2) is 29.3 Å². The third-order valence-corrected chi connectivity index (χ3v) is 4.94. The van der Waals surface area contributed by atoms with Gasteiger partial charge in [-0.2, -0.15) is 0 Å². The third-order valence-electron chi connectivity index (χ3n) is 4.94. The second-order valence-electron chi connectivity index (χ2n) is 7.66. The number of ether oxygens (including phenoxy) is 3. The average Bonchev–Trinajstić information content (AvgIpc) is 3.23. The molecule has 150 valence electrons. The van der Waals surface area contributed by atoms with Gasteiger partial charge < -0.3 is 24.4 Å². The van der Waals surface area contributed by atoms with Gasteiger partial charge in [0.05, 0.1) is 19.3 Å². The Morgan fingerprint density at radius 1 is 1.22 bits per heavy atom. The van der Waals surface area contributed by atoms with E-state index in [-0.39, 0.29) is 12.2 Å². The Balaban J connectivity index is 1.49. The summed E-state index contributed by atoms with van der Waals surface area (Å²) in [5, 5.41) is 3.47. The van der Waals surface area contributed by atoms with E-state index in [1.807, 2.05) is 19.2 Å². The molecule has 1 N–H and O–H groups in total. The van der Waals surface area contributed by atoms with Crippen molar-refractivity contribution in [1.82, 2.24) is 10.2 Å². The molecule has 2 aliphatic heterocycles. The van der Waals surface area contributed by atoms with Crippen LogP contribution in [0, 0.1) is 5.92 Å². The summed E-state index contributed by atoms with van der Waals surface area (Å²) in [6.45, 7) is 9.03. The molecule has 2 atom stereocenters. The van der Waals surface area contributed by atoms with Gasteiger partial charge in [0.1, 0.15) is 11.9 Å². The smallest absolute Gasteiger partial charge is 0.194 e. The highest BCUT2D eigenvalue weighted by Crippen LogP contribution is 2.21. The normalized spacial score (nSPS) is 23.7. The highest BCUT2D eigenvalue weighted by atomic mass is 16.5. The number of morpholine rings is 1. The van der Waals surface area contributed by atoms with E-state index in [1.54, 1.807) is 0 Å². The molecule has 0 spiro atoms. The predicted molar refractivity (Wildman–Crippen MR) is 107 cm³/mol. The van der Waals surface area contributed by atoms with E-state index >= 15 is 0 Å². The second kappa shape index (κ2) is 9.95.